The Labute approximate surface area is 311 Å². The minimum atomic E-state index is -3.68. The zero-order valence-electron chi connectivity index (χ0n) is 29.7. The van der Waals surface area contributed by atoms with Gasteiger partial charge in [0, 0.05) is 43.0 Å². The third-order valence-corrected chi connectivity index (χ3v) is 16.0. The van der Waals surface area contributed by atoms with Crippen LogP contribution in [-0.4, -0.2) is 25.8 Å². The second kappa shape index (κ2) is 16.3. The number of esters is 1. The average molecular weight is 741 g/mol. The Morgan fingerprint density at radius 2 is 0.925 bits per heavy atom. The van der Waals surface area contributed by atoms with Crippen LogP contribution in [0.3, 0.4) is 0 Å². The van der Waals surface area contributed by atoms with Gasteiger partial charge in [-0.2, -0.15) is 0 Å². The summed E-state index contributed by atoms with van der Waals surface area (Å²) < 4.78 is 50.9. The molecule has 1 saturated carbocycles. The predicted octanol–water partition coefficient (Wildman–Crippen LogP) is 7.90. The number of methoxy groups -OCH3 is 1. The number of rotatable bonds is 12. The molecule has 53 heavy (non-hydrogen) atoms. The van der Waals surface area contributed by atoms with E-state index in [1.54, 1.807) is 12.1 Å². The van der Waals surface area contributed by atoms with E-state index in [9.17, 15) is 4.79 Å². The van der Waals surface area contributed by atoms with E-state index in [0.29, 0.717) is 54.5 Å². The van der Waals surface area contributed by atoms with E-state index in [-0.39, 0.29) is 12.7 Å². The molecule has 1 aliphatic rings. The summed E-state index contributed by atoms with van der Waals surface area (Å²) in [6.07, 6.45) is 4.96. The zero-order chi connectivity index (χ0) is 36.7. The normalized spacial score (nSPS) is 13.6. The molecule has 0 aromatic heterocycles. The van der Waals surface area contributed by atoms with Crippen molar-refractivity contribution in [3.8, 4) is 22.6 Å². The van der Waals surface area contributed by atoms with Crippen LogP contribution in [0.15, 0.2) is 158 Å². The van der Waals surface area contributed by atoms with Crippen molar-refractivity contribution in [1.29, 1.82) is 0 Å². The summed E-state index contributed by atoms with van der Waals surface area (Å²) in [5.41, 5.74) is 0.984. The summed E-state index contributed by atoms with van der Waals surface area (Å²) in [5.74, 6) is 0.250. The molecule has 1 aliphatic carbocycles. The Kier molecular flexibility index (Phi) is 11.1. The van der Waals surface area contributed by atoms with Crippen molar-refractivity contribution in [3.63, 3.8) is 0 Å². The molecule has 7 rings (SSSR count). The third-order valence-electron chi connectivity index (χ3n) is 9.84. The van der Waals surface area contributed by atoms with Crippen LogP contribution in [-0.2, 0) is 18.7 Å². The zero-order valence-corrected chi connectivity index (χ0v) is 31.5. The largest absolute Gasteiger partial charge is 0.490 e. The minimum absolute atomic E-state index is 0.0627. The second-order valence-electron chi connectivity index (χ2n) is 13.1. The van der Waals surface area contributed by atoms with Gasteiger partial charge in [-0.15, -0.1) is 0 Å². The predicted molar refractivity (Wildman–Crippen MR) is 216 cm³/mol. The summed E-state index contributed by atoms with van der Waals surface area (Å²) in [5, 5.41) is 3.53. The molecule has 0 N–H and O–H groups in total. The van der Waals surface area contributed by atoms with Crippen molar-refractivity contribution in [2.24, 2.45) is 0 Å². The molecule has 0 atom stereocenters. The molecule has 0 aliphatic heterocycles. The fourth-order valence-electron chi connectivity index (χ4n) is 7.25. The van der Waals surface area contributed by atoms with Crippen molar-refractivity contribution in [2.75, 3.05) is 13.7 Å². The Bertz CT molecular complexity index is 2170. The molecule has 0 heterocycles. The van der Waals surface area contributed by atoms with Crippen molar-refractivity contribution >= 4 is 52.1 Å². The summed E-state index contributed by atoms with van der Waals surface area (Å²) in [4.78, 5) is 12.6. The van der Waals surface area contributed by atoms with Crippen molar-refractivity contribution < 1.29 is 28.1 Å². The van der Waals surface area contributed by atoms with Crippen molar-refractivity contribution in [2.45, 2.75) is 38.2 Å². The number of carbonyl (C=O) groups is 1. The number of carbonyl (C=O) groups excluding carboxylic acids is 1. The van der Waals surface area contributed by atoms with Crippen LogP contribution in [0.4, 0.5) is 0 Å². The second-order valence-corrected chi connectivity index (χ2v) is 18.6. The molecule has 0 amide bonds. The first-order chi connectivity index (χ1) is 25.9. The highest BCUT2D eigenvalue weighted by Gasteiger charge is 2.39. The summed E-state index contributed by atoms with van der Waals surface area (Å²) in [7, 11) is -6.03. The average Bonchev–Trinajstić information content (AvgIpc) is 3.23. The highest BCUT2D eigenvalue weighted by Crippen LogP contribution is 2.53. The lowest BCUT2D eigenvalue weighted by molar-refractivity contribution is -0.142. The standard InChI is InChI=1S/C45H42O6P2/c1-49-43(46)33-50-39-29-17-31-41(52(47,35-21-9-3-10-22-35)36-23-11-4-12-24-36)44(39)45-40(51-34-19-7-2-8-20-34)30-18-32-42(45)53(48,37-25-13-5-14-26-37)38-27-15-6-16-28-38/h3-6,9-18,21-32,34H,2,7-8,19-20,33H2,1H3. The van der Waals surface area contributed by atoms with Crippen LogP contribution >= 0.6 is 14.3 Å². The SMILES string of the molecule is COC(=O)COc1cccc(P(=O)(c2ccccc2)c2ccccc2)c1-c1c(OC2CCCCC2)cccc1P(=O)(c1ccccc1)c1ccccc1. The summed E-state index contributed by atoms with van der Waals surface area (Å²) in [6.45, 7) is -0.385. The highest BCUT2D eigenvalue weighted by atomic mass is 31.2. The molecule has 0 unspecified atom stereocenters. The van der Waals surface area contributed by atoms with Gasteiger partial charge in [-0.25, -0.2) is 4.79 Å². The molecule has 268 valence electrons. The molecule has 8 heteroatoms. The van der Waals surface area contributed by atoms with E-state index < -0.39 is 20.3 Å². The fourth-order valence-corrected chi connectivity index (χ4v) is 13.0. The Hall–Kier alpha value is -5.15. The smallest absolute Gasteiger partial charge is 0.343 e. The number of ether oxygens (including phenoxy) is 3. The van der Waals surface area contributed by atoms with Gasteiger partial charge in [-0.1, -0.05) is 140 Å². The number of hydrogen-bond donors (Lipinski definition) is 0. The van der Waals surface area contributed by atoms with Gasteiger partial charge in [0.15, 0.2) is 20.9 Å². The molecule has 0 bridgehead atoms. The quantitative estimate of drug-likeness (QED) is 0.0939. The van der Waals surface area contributed by atoms with Crippen LogP contribution in [0, 0.1) is 0 Å². The lowest BCUT2D eigenvalue weighted by Crippen LogP contribution is -2.31. The lowest BCUT2D eigenvalue weighted by atomic mass is 9.97. The molecule has 0 spiro atoms. The first-order valence-corrected chi connectivity index (χ1v) is 21.4. The Morgan fingerprint density at radius 3 is 1.34 bits per heavy atom. The first-order valence-electron chi connectivity index (χ1n) is 18.0. The van der Waals surface area contributed by atoms with Gasteiger partial charge in [0.1, 0.15) is 11.5 Å². The Balaban J connectivity index is 1.62. The van der Waals surface area contributed by atoms with E-state index >= 15 is 9.13 Å². The van der Waals surface area contributed by atoms with Crippen LogP contribution in [0.5, 0.6) is 11.5 Å². The van der Waals surface area contributed by atoms with E-state index in [4.69, 9.17) is 14.2 Å². The van der Waals surface area contributed by atoms with Gasteiger partial charge < -0.3 is 23.3 Å². The van der Waals surface area contributed by atoms with Crippen LogP contribution in [0.1, 0.15) is 32.1 Å². The maximum atomic E-state index is 16.3. The highest BCUT2D eigenvalue weighted by molar-refractivity contribution is 7.86. The van der Waals surface area contributed by atoms with Gasteiger partial charge in [-0.3, -0.25) is 0 Å². The summed E-state index contributed by atoms with van der Waals surface area (Å²) >= 11 is 0. The van der Waals surface area contributed by atoms with Crippen molar-refractivity contribution in [1.82, 2.24) is 0 Å². The maximum absolute atomic E-state index is 16.3. The molecule has 6 nitrogen and oxygen atoms in total. The van der Waals surface area contributed by atoms with E-state index in [1.807, 2.05) is 146 Å². The molecule has 1 fully saturated rings. The lowest BCUT2D eigenvalue weighted by Gasteiger charge is -2.30. The first kappa shape index (κ1) is 36.2. The molecule has 6 aromatic carbocycles. The third kappa shape index (κ3) is 7.27. The van der Waals surface area contributed by atoms with Gasteiger partial charge in [0.25, 0.3) is 0 Å². The number of hydrogen-bond acceptors (Lipinski definition) is 6. The number of benzene rings is 6. The summed E-state index contributed by atoms with van der Waals surface area (Å²) in [6, 6.07) is 48.9. The fraction of sp³-hybridized carbons (Fsp3) is 0.178. The van der Waals surface area contributed by atoms with Gasteiger partial charge in [-0.05, 0) is 49.9 Å². The molecular weight excluding hydrogens is 698 g/mol. The van der Waals surface area contributed by atoms with Crippen molar-refractivity contribution in [3.05, 3.63) is 158 Å². The van der Waals surface area contributed by atoms with E-state index in [0.717, 1.165) is 32.1 Å². The van der Waals surface area contributed by atoms with Gasteiger partial charge >= 0.3 is 5.97 Å². The monoisotopic (exact) mass is 740 g/mol. The van der Waals surface area contributed by atoms with Crippen LogP contribution in [0.25, 0.3) is 11.1 Å². The van der Waals surface area contributed by atoms with Gasteiger partial charge in [0.05, 0.1) is 13.2 Å². The molecule has 6 aromatic rings. The molecule has 0 saturated heterocycles. The topological polar surface area (TPSA) is 78.9 Å². The van der Waals surface area contributed by atoms with Crippen LogP contribution in [0.2, 0.25) is 0 Å². The maximum Gasteiger partial charge on any atom is 0.343 e. The molecular formula is C45H42O6P2. The van der Waals surface area contributed by atoms with E-state index in [2.05, 4.69) is 0 Å². The minimum Gasteiger partial charge on any atom is -0.490 e. The molecule has 0 radical (unpaired) electrons. The Morgan fingerprint density at radius 1 is 0.528 bits per heavy atom. The van der Waals surface area contributed by atoms with Gasteiger partial charge in [0.2, 0.25) is 0 Å². The van der Waals surface area contributed by atoms with E-state index in [1.165, 1.54) is 7.11 Å². The van der Waals surface area contributed by atoms with Crippen LogP contribution < -0.4 is 41.3 Å².